The molecular weight excluding hydrogens is 296 g/mol. The highest BCUT2D eigenvalue weighted by Crippen LogP contribution is 2.28. The molecule has 0 amide bonds. The first kappa shape index (κ1) is 16.7. The Morgan fingerprint density at radius 2 is 1.65 bits per heavy atom. The number of para-hydroxylation sites is 3. The molecule has 5 heteroatoms. The molecule has 0 radical (unpaired) electrons. The molecule has 0 aliphatic heterocycles. The lowest BCUT2D eigenvalue weighted by molar-refractivity contribution is -0.145. The summed E-state index contributed by atoms with van der Waals surface area (Å²) in [6.07, 6.45) is -0.836. The van der Waals surface area contributed by atoms with Gasteiger partial charge in [0.2, 0.25) is 0 Å². The lowest BCUT2D eigenvalue weighted by Crippen LogP contribution is -2.29. The van der Waals surface area contributed by atoms with Crippen molar-refractivity contribution in [2.24, 2.45) is 0 Å². The van der Waals surface area contributed by atoms with Crippen molar-refractivity contribution in [3.05, 3.63) is 54.1 Å². The van der Waals surface area contributed by atoms with Crippen LogP contribution in [-0.2, 0) is 11.2 Å². The summed E-state index contributed by atoms with van der Waals surface area (Å²) in [5, 5.41) is 9.47. The minimum Gasteiger partial charge on any atom is -0.494 e. The number of rotatable bonds is 8. The van der Waals surface area contributed by atoms with Crippen LogP contribution in [0.4, 0.5) is 0 Å². The van der Waals surface area contributed by atoms with Crippen LogP contribution in [0.3, 0.4) is 0 Å². The minimum absolute atomic E-state index is 0.198. The van der Waals surface area contributed by atoms with Crippen molar-refractivity contribution in [1.29, 1.82) is 0 Å². The van der Waals surface area contributed by atoms with Gasteiger partial charge in [0.25, 0.3) is 0 Å². The molecule has 0 fully saturated rings. The molecule has 2 aromatic carbocycles. The Morgan fingerprint density at radius 3 is 2.26 bits per heavy atom. The van der Waals surface area contributed by atoms with Gasteiger partial charge in [-0.2, -0.15) is 0 Å². The van der Waals surface area contributed by atoms with E-state index in [1.807, 2.05) is 31.2 Å². The topological polar surface area (TPSA) is 65.0 Å². The van der Waals surface area contributed by atoms with Crippen molar-refractivity contribution in [2.45, 2.75) is 19.4 Å². The number of carboxylic acids is 1. The van der Waals surface area contributed by atoms with Gasteiger partial charge in [-0.3, -0.25) is 0 Å². The number of hydrogen-bond donors (Lipinski definition) is 1. The zero-order valence-corrected chi connectivity index (χ0v) is 13.2. The molecular formula is C18H20O5. The average molecular weight is 316 g/mol. The number of carbonyl (C=O) groups is 1. The fourth-order valence-electron chi connectivity index (χ4n) is 2.22. The maximum atomic E-state index is 11.6. The van der Waals surface area contributed by atoms with E-state index < -0.39 is 12.1 Å². The van der Waals surface area contributed by atoms with Gasteiger partial charge in [-0.15, -0.1) is 0 Å². The Morgan fingerprint density at radius 1 is 1.04 bits per heavy atom. The first-order valence-corrected chi connectivity index (χ1v) is 7.39. The predicted molar refractivity (Wildman–Crippen MR) is 86.4 cm³/mol. The monoisotopic (exact) mass is 316 g/mol. The van der Waals surface area contributed by atoms with E-state index >= 15 is 0 Å². The molecule has 1 N–H and O–H groups in total. The molecule has 0 heterocycles. The third kappa shape index (κ3) is 4.39. The molecule has 122 valence electrons. The number of hydrogen-bond acceptors (Lipinski definition) is 4. The van der Waals surface area contributed by atoms with E-state index in [-0.39, 0.29) is 6.42 Å². The smallest absolute Gasteiger partial charge is 0.345 e. The molecule has 0 aliphatic carbocycles. The summed E-state index contributed by atoms with van der Waals surface area (Å²) in [4.78, 5) is 11.6. The van der Waals surface area contributed by atoms with Crippen molar-refractivity contribution in [1.82, 2.24) is 0 Å². The van der Waals surface area contributed by atoms with Gasteiger partial charge in [0.15, 0.2) is 17.6 Å². The molecule has 1 atom stereocenters. The number of aliphatic carboxylic acids is 1. The third-order valence-electron chi connectivity index (χ3n) is 3.29. The normalized spacial score (nSPS) is 11.6. The highest BCUT2D eigenvalue weighted by Gasteiger charge is 2.23. The minimum atomic E-state index is -1.04. The maximum Gasteiger partial charge on any atom is 0.345 e. The lowest BCUT2D eigenvalue weighted by Gasteiger charge is -2.18. The van der Waals surface area contributed by atoms with Gasteiger partial charge >= 0.3 is 5.97 Å². The second kappa shape index (κ2) is 8.08. The van der Waals surface area contributed by atoms with Crippen molar-refractivity contribution in [3.63, 3.8) is 0 Å². The Labute approximate surface area is 135 Å². The summed E-state index contributed by atoms with van der Waals surface area (Å²) in [6, 6.07) is 14.3. The molecule has 2 aromatic rings. The Bertz CT molecular complexity index is 653. The summed E-state index contributed by atoms with van der Waals surface area (Å²) in [6.45, 7) is 2.40. The van der Waals surface area contributed by atoms with Crippen molar-refractivity contribution < 1.29 is 24.1 Å². The van der Waals surface area contributed by atoms with E-state index in [4.69, 9.17) is 14.2 Å². The van der Waals surface area contributed by atoms with Crippen LogP contribution in [0.2, 0.25) is 0 Å². The van der Waals surface area contributed by atoms with E-state index in [9.17, 15) is 9.90 Å². The third-order valence-corrected chi connectivity index (χ3v) is 3.29. The van der Waals surface area contributed by atoms with Crippen LogP contribution in [0.25, 0.3) is 0 Å². The summed E-state index contributed by atoms with van der Waals surface area (Å²) < 4.78 is 16.4. The molecule has 0 aromatic heterocycles. The van der Waals surface area contributed by atoms with Crippen LogP contribution in [-0.4, -0.2) is 30.9 Å². The van der Waals surface area contributed by atoms with Gasteiger partial charge in [0, 0.05) is 6.42 Å². The van der Waals surface area contributed by atoms with Crippen molar-refractivity contribution >= 4 is 5.97 Å². The maximum absolute atomic E-state index is 11.6. The van der Waals surface area contributed by atoms with Crippen LogP contribution < -0.4 is 14.2 Å². The van der Waals surface area contributed by atoms with Gasteiger partial charge in [-0.05, 0) is 30.7 Å². The summed E-state index contributed by atoms with van der Waals surface area (Å²) >= 11 is 0. The molecule has 2 rings (SSSR count). The fraction of sp³-hybridized carbons (Fsp3) is 0.278. The van der Waals surface area contributed by atoms with Crippen LogP contribution in [0.15, 0.2) is 48.5 Å². The largest absolute Gasteiger partial charge is 0.494 e. The molecule has 0 bridgehead atoms. The molecule has 23 heavy (non-hydrogen) atoms. The first-order chi connectivity index (χ1) is 11.2. The number of methoxy groups -OCH3 is 1. The number of carboxylic acid groups (broad SMARTS) is 1. The van der Waals surface area contributed by atoms with Crippen molar-refractivity contribution in [3.8, 4) is 17.2 Å². The van der Waals surface area contributed by atoms with E-state index in [1.165, 1.54) is 7.11 Å². The van der Waals surface area contributed by atoms with Crippen molar-refractivity contribution in [2.75, 3.05) is 13.7 Å². The zero-order valence-electron chi connectivity index (χ0n) is 13.2. The number of benzene rings is 2. The van der Waals surface area contributed by atoms with E-state index in [0.717, 1.165) is 5.56 Å². The van der Waals surface area contributed by atoms with Gasteiger partial charge in [0.1, 0.15) is 5.75 Å². The van der Waals surface area contributed by atoms with E-state index in [1.54, 1.807) is 24.3 Å². The first-order valence-electron chi connectivity index (χ1n) is 7.39. The van der Waals surface area contributed by atoms with E-state index in [0.29, 0.717) is 23.9 Å². The number of ether oxygens (including phenoxy) is 3. The lowest BCUT2D eigenvalue weighted by atomic mass is 10.1. The van der Waals surface area contributed by atoms with Gasteiger partial charge in [-0.25, -0.2) is 4.79 Å². The predicted octanol–water partition coefficient (Wildman–Crippen LogP) is 3.17. The quantitative estimate of drug-likeness (QED) is 0.810. The SMILES string of the molecule is CCOc1ccccc1CC(Oc1ccccc1OC)C(=O)O. The van der Waals surface area contributed by atoms with E-state index in [2.05, 4.69) is 0 Å². The molecule has 0 spiro atoms. The van der Waals surface area contributed by atoms with Gasteiger partial charge < -0.3 is 19.3 Å². The fourth-order valence-corrected chi connectivity index (χ4v) is 2.22. The zero-order chi connectivity index (χ0) is 16.7. The summed E-state index contributed by atoms with van der Waals surface area (Å²) in [7, 11) is 1.52. The van der Waals surface area contributed by atoms with Crippen LogP contribution in [0.5, 0.6) is 17.2 Å². The Hall–Kier alpha value is -2.69. The molecule has 5 nitrogen and oxygen atoms in total. The highest BCUT2D eigenvalue weighted by molar-refractivity contribution is 5.73. The second-order valence-corrected chi connectivity index (χ2v) is 4.84. The second-order valence-electron chi connectivity index (χ2n) is 4.84. The molecule has 0 saturated carbocycles. The Kier molecular flexibility index (Phi) is 5.86. The summed E-state index contributed by atoms with van der Waals surface area (Å²) in [5.74, 6) is 0.528. The van der Waals surface area contributed by atoms with Crippen LogP contribution >= 0.6 is 0 Å². The average Bonchev–Trinajstić information content (AvgIpc) is 2.56. The van der Waals surface area contributed by atoms with Gasteiger partial charge in [-0.1, -0.05) is 30.3 Å². The van der Waals surface area contributed by atoms with Crippen LogP contribution in [0, 0.1) is 0 Å². The molecule has 1 unspecified atom stereocenters. The van der Waals surface area contributed by atoms with Crippen LogP contribution in [0.1, 0.15) is 12.5 Å². The highest BCUT2D eigenvalue weighted by atomic mass is 16.5. The van der Waals surface area contributed by atoms with Gasteiger partial charge in [0.05, 0.1) is 13.7 Å². The molecule has 0 saturated heterocycles. The molecule has 0 aliphatic rings. The Balaban J connectivity index is 2.21. The standard InChI is InChI=1S/C18H20O5/c1-3-22-14-9-5-4-8-13(14)12-17(18(19)20)23-16-11-7-6-10-15(16)21-2/h4-11,17H,3,12H2,1-2H3,(H,19,20). The summed E-state index contributed by atoms with van der Waals surface area (Å²) in [5.41, 5.74) is 0.789.